The summed E-state index contributed by atoms with van der Waals surface area (Å²) < 4.78 is 2.38. The Labute approximate surface area is 154 Å². The van der Waals surface area contributed by atoms with Crippen molar-refractivity contribution in [3.05, 3.63) is 41.6 Å². The molecule has 0 spiro atoms. The van der Waals surface area contributed by atoms with Gasteiger partial charge in [-0.3, -0.25) is 4.99 Å². The van der Waals surface area contributed by atoms with Crippen LogP contribution >= 0.6 is 0 Å². The van der Waals surface area contributed by atoms with Crippen LogP contribution in [0.25, 0.3) is 16.5 Å². The van der Waals surface area contributed by atoms with Crippen LogP contribution in [-0.2, 0) is 11.3 Å². The average Bonchev–Trinajstić information content (AvgIpc) is 2.85. The molecule has 2 aliphatic heterocycles. The molecular weight excluding hydrogens is 322 g/mol. The number of para-hydroxylation sites is 1. The van der Waals surface area contributed by atoms with Crippen LogP contribution in [0, 0.1) is 11.8 Å². The van der Waals surface area contributed by atoms with Crippen molar-refractivity contribution < 1.29 is 4.79 Å². The van der Waals surface area contributed by atoms with Crippen LogP contribution in [0.3, 0.4) is 0 Å². The first-order chi connectivity index (χ1) is 12.8. The summed E-state index contributed by atoms with van der Waals surface area (Å²) in [6.07, 6.45) is 7.95. The van der Waals surface area contributed by atoms with E-state index >= 15 is 0 Å². The van der Waals surface area contributed by atoms with Gasteiger partial charge in [0.2, 0.25) is 0 Å². The molecule has 4 heteroatoms. The van der Waals surface area contributed by atoms with Gasteiger partial charge in [-0.05, 0) is 56.4 Å². The fourth-order valence-corrected chi connectivity index (χ4v) is 5.22. The molecule has 1 saturated heterocycles. The van der Waals surface area contributed by atoms with Crippen molar-refractivity contribution >= 4 is 29.0 Å². The Bertz CT molecular complexity index is 915. The van der Waals surface area contributed by atoms with Gasteiger partial charge in [-0.15, -0.1) is 0 Å². The molecular formula is C22H25N3O. The molecule has 0 bridgehead atoms. The number of likely N-dealkylation sites (tertiary alicyclic amines) is 1. The second kappa shape index (κ2) is 6.20. The number of carbonyl (C=O) groups is 1. The van der Waals surface area contributed by atoms with Crippen LogP contribution in [-0.4, -0.2) is 48.6 Å². The number of rotatable bonds is 2. The first kappa shape index (κ1) is 16.0. The molecule has 2 unspecified atom stereocenters. The summed E-state index contributed by atoms with van der Waals surface area (Å²) in [5.41, 5.74) is 4.93. The van der Waals surface area contributed by atoms with Crippen molar-refractivity contribution in [1.29, 1.82) is 0 Å². The molecule has 5 rings (SSSR count). The largest absolute Gasteiger partial charge is 0.338 e. The second-order valence-electron chi connectivity index (χ2n) is 7.97. The SMILES string of the molecule is CN1CCC(C2C=C3C=NCCn4c3c(c3ccccc34)C2C=O)CC1. The number of carbonyl (C=O) groups excluding carboxylic acids is 1. The molecule has 134 valence electrons. The summed E-state index contributed by atoms with van der Waals surface area (Å²) in [6.45, 7) is 3.93. The summed E-state index contributed by atoms with van der Waals surface area (Å²) in [5.74, 6) is 0.813. The van der Waals surface area contributed by atoms with Crippen LogP contribution in [0.5, 0.6) is 0 Å². The van der Waals surface area contributed by atoms with Crippen molar-refractivity contribution in [2.24, 2.45) is 16.8 Å². The van der Waals surface area contributed by atoms with E-state index in [1.807, 2.05) is 6.21 Å². The van der Waals surface area contributed by atoms with E-state index in [1.165, 1.54) is 46.9 Å². The minimum absolute atomic E-state index is 0.0418. The number of hydrogen-bond donors (Lipinski definition) is 0. The fourth-order valence-electron chi connectivity index (χ4n) is 5.22. The van der Waals surface area contributed by atoms with Crippen molar-refractivity contribution in [2.75, 3.05) is 26.7 Å². The maximum atomic E-state index is 12.3. The molecule has 3 aliphatic rings. The van der Waals surface area contributed by atoms with E-state index in [1.54, 1.807) is 0 Å². The Morgan fingerprint density at radius 2 is 1.96 bits per heavy atom. The Kier molecular flexibility index (Phi) is 3.82. The zero-order chi connectivity index (χ0) is 17.7. The minimum Gasteiger partial charge on any atom is -0.338 e. The average molecular weight is 347 g/mol. The quantitative estimate of drug-likeness (QED) is 0.781. The molecule has 1 aromatic heterocycles. The first-order valence-electron chi connectivity index (χ1n) is 9.75. The smallest absolute Gasteiger partial charge is 0.128 e. The van der Waals surface area contributed by atoms with Crippen molar-refractivity contribution in [3.8, 4) is 0 Å². The molecule has 4 nitrogen and oxygen atoms in total. The molecule has 2 aromatic rings. The number of aldehydes is 1. The standard InChI is InChI=1S/C22H25N3O/c1-24-9-6-15(7-10-24)18-12-16-13-23-8-11-25-20-5-3-2-4-17(20)21(22(16)25)19(18)14-26/h2-5,12-15,18-19H,6-11H2,1H3. The van der Waals surface area contributed by atoms with E-state index in [4.69, 9.17) is 0 Å². The van der Waals surface area contributed by atoms with E-state index in [9.17, 15) is 4.79 Å². The van der Waals surface area contributed by atoms with Gasteiger partial charge in [-0.2, -0.15) is 0 Å². The van der Waals surface area contributed by atoms with E-state index < -0.39 is 0 Å². The molecule has 1 fully saturated rings. The van der Waals surface area contributed by atoms with E-state index in [0.717, 1.165) is 26.2 Å². The fraction of sp³-hybridized carbons (Fsp3) is 0.455. The highest BCUT2D eigenvalue weighted by molar-refractivity contribution is 6.13. The molecule has 1 aromatic carbocycles. The van der Waals surface area contributed by atoms with Crippen molar-refractivity contribution in [3.63, 3.8) is 0 Å². The minimum atomic E-state index is -0.0418. The molecule has 0 saturated carbocycles. The molecule has 0 radical (unpaired) electrons. The third-order valence-electron chi connectivity index (χ3n) is 6.54. The second-order valence-corrected chi connectivity index (χ2v) is 7.97. The lowest BCUT2D eigenvalue weighted by molar-refractivity contribution is -0.110. The van der Waals surface area contributed by atoms with Gasteiger partial charge < -0.3 is 14.3 Å². The molecule has 0 N–H and O–H groups in total. The van der Waals surface area contributed by atoms with Gasteiger partial charge in [-0.25, -0.2) is 0 Å². The van der Waals surface area contributed by atoms with Gasteiger partial charge in [0, 0.05) is 35.2 Å². The summed E-state index contributed by atoms with van der Waals surface area (Å²) in [7, 11) is 2.19. The van der Waals surface area contributed by atoms with Crippen LogP contribution in [0.2, 0.25) is 0 Å². The Morgan fingerprint density at radius 3 is 2.77 bits per heavy atom. The Balaban J connectivity index is 1.70. The number of aliphatic imine (C=N–C) groups is 1. The molecule has 2 atom stereocenters. The highest BCUT2D eigenvalue weighted by Gasteiger charge is 2.38. The van der Waals surface area contributed by atoms with Crippen molar-refractivity contribution in [1.82, 2.24) is 9.47 Å². The van der Waals surface area contributed by atoms with Gasteiger partial charge >= 0.3 is 0 Å². The number of fused-ring (bicyclic) bond motifs is 3. The van der Waals surface area contributed by atoms with Crippen LogP contribution in [0.1, 0.15) is 30.0 Å². The first-order valence-corrected chi connectivity index (χ1v) is 9.75. The third-order valence-corrected chi connectivity index (χ3v) is 6.54. The monoisotopic (exact) mass is 347 g/mol. The van der Waals surface area contributed by atoms with Gasteiger partial charge in [0.25, 0.3) is 0 Å². The summed E-state index contributed by atoms with van der Waals surface area (Å²) in [5, 5.41) is 1.25. The Morgan fingerprint density at radius 1 is 1.15 bits per heavy atom. The summed E-state index contributed by atoms with van der Waals surface area (Å²) in [4.78, 5) is 19.3. The lowest BCUT2D eigenvalue weighted by atomic mass is 9.70. The van der Waals surface area contributed by atoms with Gasteiger partial charge in [0.15, 0.2) is 0 Å². The number of benzene rings is 1. The summed E-state index contributed by atoms with van der Waals surface area (Å²) >= 11 is 0. The predicted molar refractivity (Wildman–Crippen MR) is 106 cm³/mol. The highest BCUT2D eigenvalue weighted by atomic mass is 16.1. The third kappa shape index (κ3) is 2.32. The van der Waals surface area contributed by atoms with Gasteiger partial charge in [0.1, 0.15) is 6.29 Å². The maximum absolute atomic E-state index is 12.3. The lowest BCUT2D eigenvalue weighted by Crippen LogP contribution is -2.36. The van der Waals surface area contributed by atoms with Crippen LogP contribution in [0.4, 0.5) is 0 Å². The number of aromatic nitrogens is 1. The van der Waals surface area contributed by atoms with Crippen LogP contribution in [0.15, 0.2) is 35.3 Å². The Hall–Kier alpha value is -2.20. The molecule has 26 heavy (non-hydrogen) atoms. The predicted octanol–water partition coefficient (Wildman–Crippen LogP) is 3.36. The van der Waals surface area contributed by atoms with Crippen LogP contribution < -0.4 is 0 Å². The van der Waals surface area contributed by atoms with Gasteiger partial charge in [0.05, 0.1) is 12.2 Å². The summed E-state index contributed by atoms with van der Waals surface area (Å²) in [6, 6.07) is 8.56. The topological polar surface area (TPSA) is 37.6 Å². The number of hydrogen-bond acceptors (Lipinski definition) is 3. The molecule has 0 amide bonds. The van der Waals surface area contributed by atoms with E-state index in [-0.39, 0.29) is 11.8 Å². The molecule has 1 aliphatic carbocycles. The van der Waals surface area contributed by atoms with E-state index in [2.05, 4.69) is 51.8 Å². The van der Waals surface area contributed by atoms with Gasteiger partial charge in [-0.1, -0.05) is 24.3 Å². The number of allylic oxidation sites excluding steroid dienone is 2. The van der Waals surface area contributed by atoms with E-state index in [0.29, 0.717) is 5.92 Å². The number of piperidine rings is 1. The zero-order valence-electron chi connectivity index (χ0n) is 15.3. The molecule has 3 heterocycles. The zero-order valence-corrected chi connectivity index (χ0v) is 15.3. The normalized spacial score (nSPS) is 26.4. The van der Waals surface area contributed by atoms with Crippen molar-refractivity contribution in [2.45, 2.75) is 25.3 Å². The number of nitrogens with zero attached hydrogens (tertiary/aromatic N) is 3. The maximum Gasteiger partial charge on any atom is 0.128 e. The lowest BCUT2D eigenvalue weighted by Gasteiger charge is -2.37. The highest BCUT2D eigenvalue weighted by Crippen LogP contribution is 2.47.